The summed E-state index contributed by atoms with van der Waals surface area (Å²) in [4.78, 5) is 14.3. The topological polar surface area (TPSA) is 58.6 Å². The molecule has 1 aliphatic carbocycles. The van der Waals surface area contributed by atoms with Crippen LogP contribution in [0.2, 0.25) is 0 Å². The Bertz CT molecular complexity index is 734. The fourth-order valence-electron chi connectivity index (χ4n) is 4.39. The van der Waals surface area contributed by atoms with Gasteiger partial charge in [-0.15, -0.1) is 0 Å². The molecule has 6 heteroatoms. The zero-order chi connectivity index (χ0) is 20.5. The molecule has 0 bridgehead atoms. The number of amides is 1. The standard InChI is InChI=1S/C22H34N2O3S/c1-16(2)15-28(26)23-19-18-9-7-6-8-17(18)14-22(19)10-12-24(13-11-22)20(25)27-21(3,4)5/h6-9,16,19,23H,10-15H2,1-5H3/t19-,28?/m1/s1. The van der Waals surface area contributed by atoms with Crippen LogP contribution in [0.4, 0.5) is 4.79 Å². The Morgan fingerprint density at radius 2 is 1.93 bits per heavy atom. The second kappa shape index (κ2) is 8.15. The summed E-state index contributed by atoms with van der Waals surface area (Å²) >= 11 is 0. The Kier molecular flexibility index (Phi) is 6.20. The van der Waals surface area contributed by atoms with Gasteiger partial charge in [0.2, 0.25) is 0 Å². The van der Waals surface area contributed by atoms with Crippen LogP contribution >= 0.6 is 0 Å². The van der Waals surface area contributed by atoms with Gasteiger partial charge < -0.3 is 9.64 Å². The van der Waals surface area contributed by atoms with Crippen molar-refractivity contribution in [3.8, 4) is 0 Å². The number of carbonyl (C=O) groups is 1. The van der Waals surface area contributed by atoms with Crippen LogP contribution in [-0.4, -0.2) is 39.6 Å². The maximum Gasteiger partial charge on any atom is 0.410 e. The van der Waals surface area contributed by atoms with Crippen molar-refractivity contribution in [3.63, 3.8) is 0 Å². The average molecular weight is 407 g/mol. The average Bonchev–Trinajstić information content (AvgIpc) is 2.86. The van der Waals surface area contributed by atoms with Crippen molar-refractivity contribution in [2.24, 2.45) is 11.3 Å². The lowest BCUT2D eigenvalue weighted by atomic mass is 9.73. The van der Waals surface area contributed by atoms with Crippen molar-refractivity contribution in [1.29, 1.82) is 0 Å². The van der Waals surface area contributed by atoms with E-state index >= 15 is 0 Å². The van der Waals surface area contributed by atoms with Crippen LogP contribution in [0.25, 0.3) is 0 Å². The fourth-order valence-corrected chi connectivity index (χ4v) is 5.73. The third kappa shape index (κ3) is 4.77. The van der Waals surface area contributed by atoms with Gasteiger partial charge in [-0.05, 0) is 62.5 Å². The van der Waals surface area contributed by atoms with E-state index in [9.17, 15) is 9.00 Å². The molecule has 2 aliphatic rings. The highest BCUT2D eigenvalue weighted by Crippen LogP contribution is 2.52. The zero-order valence-corrected chi connectivity index (χ0v) is 18.6. The first-order valence-electron chi connectivity index (χ1n) is 10.3. The first kappa shape index (κ1) is 21.3. The van der Waals surface area contributed by atoms with E-state index in [1.807, 2.05) is 25.7 Å². The number of benzene rings is 1. The Morgan fingerprint density at radius 3 is 2.54 bits per heavy atom. The first-order valence-corrected chi connectivity index (χ1v) is 11.6. The summed E-state index contributed by atoms with van der Waals surface area (Å²) in [6, 6.07) is 8.56. The molecule has 2 atom stereocenters. The molecule has 1 fully saturated rings. The molecular formula is C22H34N2O3S. The zero-order valence-electron chi connectivity index (χ0n) is 17.8. The number of hydrogen-bond donors (Lipinski definition) is 1. The minimum absolute atomic E-state index is 0.00877. The van der Waals surface area contributed by atoms with Crippen molar-refractivity contribution >= 4 is 17.1 Å². The number of likely N-dealkylation sites (tertiary alicyclic amines) is 1. The number of carbonyl (C=O) groups excluding carboxylic acids is 1. The van der Waals surface area contributed by atoms with E-state index in [0.717, 1.165) is 19.3 Å². The minimum atomic E-state index is -1.06. The molecular weight excluding hydrogens is 372 g/mol. The molecule has 28 heavy (non-hydrogen) atoms. The quantitative estimate of drug-likeness (QED) is 0.815. The summed E-state index contributed by atoms with van der Waals surface area (Å²) in [5.41, 5.74) is 2.14. The maximum atomic E-state index is 12.7. The van der Waals surface area contributed by atoms with Crippen LogP contribution < -0.4 is 4.72 Å². The lowest BCUT2D eigenvalue weighted by Gasteiger charge is -2.43. The lowest BCUT2D eigenvalue weighted by Crippen LogP contribution is -2.49. The van der Waals surface area contributed by atoms with Crippen LogP contribution in [0, 0.1) is 11.3 Å². The second-order valence-corrected chi connectivity index (χ2v) is 10.9. The van der Waals surface area contributed by atoms with Crippen molar-refractivity contribution in [1.82, 2.24) is 9.62 Å². The molecule has 1 spiro atoms. The molecule has 1 aromatic carbocycles. The highest BCUT2D eigenvalue weighted by Gasteiger charge is 2.48. The lowest BCUT2D eigenvalue weighted by molar-refractivity contribution is 0.00725. The number of nitrogens with one attached hydrogen (secondary N) is 1. The number of fused-ring (bicyclic) bond motifs is 1. The molecule has 1 N–H and O–H groups in total. The Hall–Kier alpha value is -1.40. The van der Waals surface area contributed by atoms with Crippen LogP contribution in [0.3, 0.4) is 0 Å². The van der Waals surface area contributed by atoms with E-state index < -0.39 is 16.6 Å². The molecule has 0 aromatic heterocycles. The van der Waals surface area contributed by atoms with Gasteiger partial charge in [0.15, 0.2) is 0 Å². The summed E-state index contributed by atoms with van der Waals surface area (Å²) in [6.07, 6.45) is 2.52. The molecule has 3 rings (SSSR count). The highest BCUT2D eigenvalue weighted by molar-refractivity contribution is 7.83. The molecule has 1 heterocycles. The van der Waals surface area contributed by atoms with Gasteiger partial charge in [0.05, 0.1) is 17.0 Å². The van der Waals surface area contributed by atoms with E-state index in [-0.39, 0.29) is 17.6 Å². The minimum Gasteiger partial charge on any atom is -0.444 e. The van der Waals surface area contributed by atoms with Gasteiger partial charge in [-0.2, -0.15) is 0 Å². The molecule has 1 saturated heterocycles. The molecule has 1 unspecified atom stereocenters. The van der Waals surface area contributed by atoms with Gasteiger partial charge in [0.1, 0.15) is 5.60 Å². The van der Waals surface area contributed by atoms with E-state index in [0.29, 0.717) is 24.8 Å². The number of ether oxygens (including phenoxy) is 1. The van der Waals surface area contributed by atoms with E-state index in [4.69, 9.17) is 4.74 Å². The summed E-state index contributed by atoms with van der Waals surface area (Å²) in [5.74, 6) is 1.04. The molecule has 1 aromatic rings. The van der Waals surface area contributed by atoms with Crippen molar-refractivity contribution < 1.29 is 13.7 Å². The van der Waals surface area contributed by atoms with Crippen LogP contribution in [-0.2, 0) is 22.1 Å². The highest BCUT2D eigenvalue weighted by atomic mass is 32.2. The van der Waals surface area contributed by atoms with Gasteiger partial charge in [-0.3, -0.25) is 0 Å². The summed E-state index contributed by atoms with van der Waals surface area (Å²) in [5, 5.41) is 0. The molecule has 1 amide bonds. The molecule has 5 nitrogen and oxygen atoms in total. The Morgan fingerprint density at radius 1 is 1.29 bits per heavy atom. The van der Waals surface area contributed by atoms with Crippen LogP contribution in [0.5, 0.6) is 0 Å². The Balaban J connectivity index is 1.75. The van der Waals surface area contributed by atoms with E-state index in [1.165, 1.54) is 11.1 Å². The normalized spacial score (nSPS) is 22.4. The summed E-state index contributed by atoms with van der Waals surface area (Å²) in [7, 11) is -1.06. The van der Waals surface area contributed by atoms with Crippen LogP contribution in [0.1, 0.15) is 64.6 Å². The van der Waals surface area contributed by atoms with E-state index in [2.05, 4.69) is 42.8 Å². The predicted octanol–water partition coefficient (Wildman–Crippen LogP) is 4.21. The number of nitrogens with zero attached hydrogens (tertiary/aromatic N) is 1. The maximum absolute atomic E-state index is 12.7. The first-order chi connectivity index (χ1) is 13.1. The third-order valence-corrected chi connectivity index (χ3v) is 7.13. The van der Waals surface area contributed by atoms with Gasteiger partial charge in [0.25, 0.3) is 0 Å². The SMILES string of the molecule is CC(C)CS(=O)N[C@@H]1c2ccccc2CC12CCN(C(=O)OC(C)(C)C)CC2. The fraction of sp³-hybridized carbons (Fsp3) is 0.682. The largest absolute Gasteiger partial charge is 0.444 e. The van der Waals surface area contributed by atoms with E-state index in [1.54, 1.807) is 0 Å². The van der Waals surface area contributed by atoms with Crippen molar-refractivity contribution in [2.45, 2.75) is 65.5 Å². The smallest absolute Gasteiger partial charge is 0.410 e. The predicted molar refractivity (Wildman–Crippen MR) is 113 cm³/mol. The number of piperidine rings is 1. The van der Waals surface area contributed by atoms with Crippen molar-refractivity contribution in [2.75, 3.05) is 18.8 Å². The van der Waals surface area contributed by atoms with Gasteiger partial charge in [-0.1, -0.05) is 38.1 Å². The van der Waals surface area contributed by atoms with Gasteiger partial charge in [0, 0.05) is 18.8 Å². The second-order valence-electron chi connectivity index (χ2n) is 9.66. The Labute approximate surface area is 171 Å². The van der Waals surface area contributed by atoms with Gasteiger partial charge >= 0.3 is 6.09 Å². The number of rotatable bonds is 4. The van der Waals surface area contributed by atoms with Crippen LogP contribution in [0.15, 0.2) is 24.3 Å². The molecule has 0 radical (unpaired) electrons. The van der Waals surface area contributed by atoms with Crippen molar-refractivity contribution in [3.05, 3.63) is 35.4 Å². The number of hydrogen-bond acceptors (Lipinski definition) is 3. The summed E-state index contributed by atoms with van der Waals surface area (Å²) < 4.78 is 21.7. The molecule has 1 aliphatic heterocycles. The molecule has 156 valence electrons. The molecule has 0 saturated carbocycles. The third-order valence-electron chi connectivity index (χ3n) is 5.67. The monoisotopic (exact) mass is 406 g/mol. The van der Waals surface area contributed by atoms with Gasteiger partial charge in [-0.25, -0.2) is 13.7 Å². The summed E-state index contributed by atoms with van der Waals surface area (Å²) in [6.45, 7) is 11.2.